The molecule has 10 heteroatoms. The molecule has 9 nitrogen and oxygen atoms in total. The monoisotopic (exact) mass is 483 g/mol. The maximum absolute atomic E-state index is 16.0. The first-order chi connectivity index (χ1) is 17.4. The Balaban J connectivity index is 1.62. The van der Waals surface area contributed by atoms with Gasteiger partial charge in [0, 0.05) is 49.5 Å². The van der Waals surface area contributed by atoms with Crippen LogP contribution in [-0.2, 0) is 6.54 Å². The van der Waals surface area contributed by atoms with Crippen molar-refractivity contribution in [2.75, 3.05) is 26.0 Å². The van der Waals surface area contributed by atoms with E-state index >= 15 is 4.39 Å². The third kappa shape index (κ3) is 4.22. The van der Waals surface area contributed by atoms with Crippen molar-refractivity contribution in [1.29, 1.82) is 0 Å². The van der Waals surface area contributed by atoms with Crippen molar-refractivity contribution >= 4 is 34.5 Å². The Morgan fingerprint density at radius 3 is 2.78 bits per heavy atom. The highest BCUT2D eigenvalue weighted by atomic mass is 19.1. The number of imidazole rings is 1. The first-order valence-electron chi connectivity index (χ1n) is 11.3. The van der Waals surface area contributed by atoms with E-state index in [-0.39, 0.29) is 5.82 Å². The molecule has 36 heavy (non-hydrogen) atoms. The molecule has 182 valence electrons. The number of pyridine rings is 2. The molecular formula is C26H26FN9. The van der Waals surface area contributed by atoms with Crippen molar-refractivity contribution in [1.82, 2.24) is 35.0 Å². The molecule has 0 spiro atoms. The van der Waals surface area contributed by atoms with Crippen molar-refractivity contribution in [3.8, 4) is 22.6 Å². The number of nitrogens with zero attached hydrogens (tertiary/aromatic N) is 7. The third-order valence-corrected chi connectivity index (χ3v) is 5.84. The lowest BCUT2D eigenvalue weighted by Crippen LogP contribution is -2.11. The molecule has 0 saturated carbocycles. The highest BCUT2D eigenvalue weighted by molar-refractivity contribution is 5.97. The summed E-state index contributed by atoms with van der Waals surface area (Å²) in [7, 11) is 5.83. The number of benzene rings is 1. The molecule has 2 N–H and O–H groups in total. The molecule has 0 saturated heterocycles. The lowest BCUT2D eigenvalue weighted by molar-refractivity contribution is 0.402. The minimum atomic E-state index is -0.383. The van der Waals surface area contributed by atoms with Gasteiger partial charge >= 0.3 is 0 Å². The van der Waals surface area contributed by atoms with E-state index in [2.05, 4.69) is 36.9 Å². The third-order valence-electron chi connectivity index (χ3n) is 5.84. The van der Waals surface area contributed by atoms with Gasteiger partial charge in [-0.15, -0.1) is 0 Å². The maximum atomic E-state index is 16.0. The van der Waals surface area contributed by atoms with E-state index < -0.39 is 0 Å². The maximum Gasteiger partial charge on any atom is 0.160 e. The fourth-order valence-corrected chi connectivity index (χ4v) is 4.23. The van der Waals surface area contributed by atoms with E-state index in [1.807, 2.05) is 62.3 Å². The summed E-state index contributed by atoms with van der Waals surface area (Å²) in [5.74, 6) is 0.686. The van der Waals surface area contributed by atoms with Gasteiger partial charge in [0.2, 0.25) is 0 Å². The molecule has 0 atom stereocenters. The highest BCUT2D eigenvalue weighted by Crippen LogP contribution is 2.34. The molecule has 0 aliphatic carbocycles. The number of aliphatic imine (C=N–C) groups is 1. The van der Waals surface area contributed by atoms with Crippen molar-refractivity contribution in [3.63, 3.8) is 0 Å². The Kier molecular flexibility index (Phi) is 6.03. The van der Waals surface area contributed by atoms with Gasteiger partial charge in [0.05, 0.1) is 22.1 Å². The number of allylic oxidation sites excluding steroid dienone is 1. The molecule has 0 radical (unpaired) electrons. The summed E-state index contributed by atoms with van der Waals surface area (Å²) < 4.78 is 16.0. The summed E-state index contributed by atoms with van der Waals surface area (Å²) >= 11 is 0. The van der Waals surface area contributed by atoms with Crippen LogP contribution in [0.5, 0.6) is 0 Å². The van der Waals surface area contributed by atoms with Crippen LogP contribution >= 0.6 is 0 Å². The second-order valence-electron chi connectivity index (χ2n) is 8.90. The van der Waals surface area contributed by atoms with Gasteiger partial charge in [-0.05, 0) is 57.6 Å². The van der Waals surface area contributed by atoms with Gasteiger partial charge in [-0.1, -0.05) is 0 Å². The predicted octanol–water partition coefficient (Wildman–Crippen LogP) is 4.76. The van der Waals surface area contributed by atoms with E-state index in [1.165, 1.54) is 0 Å². The van der Waals surface area contributed by atoms with Gasteiger partial charge in [-0.25, -0.2) is 14.4 Å². The van der Waals surface area contributed by atoms with Gasteiger partial charge in [0.15, 0.2) is 11.6 Å². The smallest absolute Gasteiger partial charge is 0.160 e. The summed E-state index contributed by atoms with van der Waals surface area (Å²) in [5.41, 5.74) is 5.27. The van der Waals surface area contributed by atoms with E-state index in [1.54, 1.807) is 24.7 Å². The highest BCUT2D eigenvalue weighted by Gasteiger charge is 2.21. The van der Waals surface area contributed by atoms with Gasteiger partial charge in [0.25, 0.3) is 0 Å². The minimum absolute atomic E-state index is 0.360. The number of rotatable bonds is 7. The average Bonchev–Trinajstić information content (AvgIpc) is 3.48. The number of hydrogen-bond donors (Lipinski definition) is 2. The normalized spacial score (nSPS) is 12.1. The van der Waals surface area contributed by atoms with E-state index in [0.29, 0.717) is 51.4 Å². The average molecular weight is 484 g/mol. The zero-order valence-electron chi connectivity index (χ0n) is 20.5. The molecule has 1 aromatic carbocycles. The van der Waals surface area contributed by atoms with E-state index in [9.17, 15) is 0 Å². The Hall–Kier alpha value is -4.44. The topological polar surface area (TPSA) is 102 Å². The molecule has 0 amide bonds. The Morgan fingerprint density at radius 2 is 2.00 bits per heavy atom. The molecular weight excluding hydrogens is 457 g/mol. The van der Waals surface area contributed by atoms with Crippen molar-refractivity contribution in [3.05, 3.63) is 66.1 Å². The van der Waals surface area contributed by atoms with Crippen LogP contribution in [0.3, 0.4) is 0 Å². The van der Waals surface area contributed by atoms with Crippen LogP contribution in [0.2, 0.25) is 0 Å². The zero-order chi connectivity index (χ0) is 25.4. The van der Waals surface area contributed by atoms with Crippen molar-refractivity contribution < 1.29 is 4.39 Å². The van der Waals surface area contributed by atoms with E-state index in [4.69, 9.17) is 4.98 Å². The summed E-state index contributed by atoms with van der Waals surface area (Å²) in [4.78, 5) is 24.6. The number of fused-ring (bicyclic) bond motifs is 2. The van der Waals surface area contributed by atoms with Crippen molar-refractivity contribution in [2.45, 2.75) is 13.5 Å². The lowest BCUT2D eigenvalue weighted by atomic mass is 10.0. The number of hydrogen-bond acceptors (Lipinski definition) is 7. The molecule has 0 aliphatic rings. The summed E-state index contributed by atoms with van der Waals surface area (Å²) in [5, 5.41) is 7.69. The van der Waals surface area contributed by atoms with Crippen molar-refractivity contribution in [2.24, 2.45) is 4.99 Å². The fraction of sp³-hybridized carbons (Fsp3) is 0.192. The molecule has 0 bridgehead atoms. The second kappa shape index (κ2) is 9.31. The number of halogens is 1. The van der Waals surface area contributed by atoms with Crippen LogP contribution in [0.1, 0.15) is 12.5 Å². The number of anilines is 1. The lowest BCUT2D eigenvalue weighted by Gasteiger charge is -2.13. The zero-order valence-corrected chi connectivity index (χ0v) is 20.5. The number of aromatic nitrogens is 6. The summed E-state index contributed by atoms with van der Waals surface area (Å²) in [6, 6.07) is 7.35. The molecule has 4 heterocycles. The quantitative estimate of drug-likeness (QED) is 0.324. The van der Waals surface area contributed by atoms with Gasteiger partial charge in [-0.2, -0.15) is 5.10 Å². The molecule has 4 aromatic heterocycles. The van der Waals surface area contributed by atoms with E-state index in [0.717, 1.165) is 16.8 Å². The Bertz CT molecular complexity index is 1610. The number of nitrogens with one attached hydrogen (secondary N) is 2. The molecule has 0 fully saturated rings. The van der Waals surface area contributed by atoms with Crippen LogP contribution in [-0.4, -0.2) is 62.9 Å². The standard InChI is InChI=1S/C26H26FN9/c1-15(28-2)13-36(5)26-23-20(8-9-30-26)31-25(32-23)24-21-19(33-34-24)7-6-18(22(21)27)17-10-16(11-29-12-17)14-35(3)4/h6-13H,2,14H2,1,3-5H3,(H,31,32)(H,33,34)/b15-13-. The SMILES string of the molecule is C=N/C(C)=C\N(C)c1nccc2[nH]c(-c3n[nH]c4ccc(-c5cncc(CN(C)C)c5)c(F)c34)nc12. The van der Waals surface area contributed by atoms with Crippen LogP contribution in [0.15, 0.2) is 59.7 Å². The van der Waals surface area contributed by atoms with Gasteiger partial charge < -0.3 is 14.8 Å². The Morgan fingerprint density at radius 1 is 1.17 bits per heavy atom. The summed E-state index contributed by atoms with van der Waals surface area (Å²) in [6.45, 7) is 6.11. The first-order valence-corrected chi connectivity index (χ1v) is 11.3. The molecule has 5 aromatic rings. The van der Waals surface area contributed by atoms with Crippen LogP contribution < -0.4 is 4.90 Å². The fourth-order valence-electron chi connectivity index (χ4n) is 4.23. The Labute approximate surface area is 207 Å². The van der Waals surface area contributed by atoms with Gasteiger partial charge in [0.1, 0.15) is 17.0 Å². The number of aromatic amines is 2. The molecule has 5 rings (SSSR count). The largest absolute Gasteiger partial charge is 0.336 e. The minimum Gasteiger partial charge on any atom is -0.336 e. The first kappa shape index (κ1) is 23.3. The van der Waals surface area contributed by atoms with Crippen LogP contribution in [0, 0.1) is 5.82 Å². The second-order valence-corrected chi connectivity index (χ2v) is 8.90. The van der Waals surface area contributed by atoms with Crippen LogP contribution in [0.25, 0.3) is 44.6 Å². The van der Waals surface area contributed by atoms with Crippen LogP contribution in [0.4, 0.5) is 10.2 Å². The van der Waals surface area contributed by atoms with Gasteiger partial charge in [-0.3, -0.25) is 15.1 Å². The summed E-state index contributed by atoms with van der Waals surface area (Å²) in [6.07, 6.45) is 6.97. The predicted molar refractivity (Wildman–Crippen MR) is 141 cm³/mol. The number of H-pyrrole nitrogens is 2. The molecule has 0 aliphatic heterocycles. The molecule has 0 unspecified atom stereocenters.